The summed E-state index contributed by atoms with van der Waals surface area (Å²) in [5.74, 6) is 10.8. The first-order chi connectivity index (χ1) is 47.7. The van der Waals surface area contributed by atoms with Gasteiger partial charge in [0, 0.05) is 39.6 Å². The van der Waals surface area contributed by atoms with Crippen molar-refractivity contribution < 1.29 is 28.4 Å². The molecule has 10 nitrogen and oxygen atoms in total. The van der Waals surface area contributed by atoms with Crippen LogP contribution in [0.1, 0.15) is 327 Å². The van der Waals surface area contributed by atoms with Gasteiger partial charge in [-0.15, -0.1) is 0 Å². The third-order valence-corrected chi connectivity index (χ3v) is 28.4. The minimum Gasteiger partial charge on any atom is -0.380 e. The molecule has 0 spiro atoms. The van der Waals surface area contributed by atoms with Crippen LogP contribution in [-0.2, 0) is 28.4 Å². The van der Waals surface area contributed by atoms with Gasteiger partial charge in [0.2, 0.25) is 0 Å². The normalized spacial score (nSPS) is 32.3. The van der Waals surface area contributed by atoms with Gasteiger partial charge < -0.3 is 44.4 Å². The molecule has 0 aromatic heterocycles. The average molecular weight is 1380 g/mol. The van der Waals surface area contributed by atoms with E-state index in [0.717, 1.165) is 169 Å². The van der Waals surface area contributed by atoms with Crippen LogP contribution in [0.5, 0.6) is 0 Å². The van der Waals surface area contributed by atoms with Gasteiger partial charge in [0.05, 0.1) is 50.7 Å². The lowest BCUT2D eigenvalue weighted by Crippen LogP contribution is -2.51. The van der Waals surface area contributed by atoms with E-state index in [1.165, 1.54) is 193 Å². The van der Waals surface area contributed by atoms with Crippen molar-refractivity contribution in [1.29, 1.82) is 5.41 Å². The minimum atomic E-state index is -0.0788. The average Bonchev–Trinajstić information content (AvgIpc) is 1.70. The van der Waals surface area contributed by atoms with E-state index in [1.807, 2.05) is 0 Å². The maximum absolute atomic E-state index is 7.64. The number of unbranched alkanes of at least 4 members (excludes halogenated alkanes) is 11. The molecule has 2 unspecified atom stereocenters. The molecule has 8 aliphatic carbocycles. The van der Waals surface area contributed by atoms with Gasteiger partial charge >= 0.3 is 0 Å². The number of hydrogen-bond donors (Lipinski definition) is 3. The Morgan fingerprint density at radius 3 is 1.36 bits per heavy atom. The Hall–Kier alpha value is -1.79. The molecule has 0 aromatic rings. The SMILES string of the molecule is CCCCC/C=C\CCCOC[C@H](COCCCCOC1CC[C@@]2(C)C(=CC[C@H]3[C@@H]4CC[C@H]([C@H](C)CCCC(C)C)[C@@]4(C)CC[C@@H]32)C1)N(C)C.CCCCCCCCOC[C@H](COCCCCOC1CC[C@@]2(C)C(=CC[C@H]3[C@@H]4CC[C@H]([C@H](C)CCCC(C)C)[C@@]4(C)CC[C@@H]32)C1)NC(=N)N. The molecule has 99 heavy (non-hydrogen) atoms. The summed E-state index contributed by atoms with van der Waals surface area (Å²) in [7, 11) is 4.27. The number of likely N-dealkylation sites (N-methyl/N-ethyl adjacent to an activating group) is 1. The Morgan fingerprint density at radius 1 is 0.495 bits per heavy atom. The van der Waals surface area contributed by atoms with E-state index in [2.05, 4.69) is 132 Å². The number of ether oxygens (including phenoxy) is 6. The second-order valence-electron chi connectivity index (χ2n) is 36.5. The molecule has 6 saturated carbocycles. The van der Waals surface area contributed by atoms with Crippen LogP contribution >= 0.6 is 0 Å². The van der Waals surface area contributed by atoms with E-state index >= 15 is 0 Å². The molecular formula is C89H162N4O6. The van der Waals surface area contributed by atoms with Gasteiger partial charge in [-0.05, 0) is 267 Å². The fraction of sp³-hybridized carbons (Fsp3) is 0.921. The number of hydrogen-bond acceptors (Lipinski definition) is 8. The first-order valence-electron chi connectivity index (χ1n) is 43.0. The maximum atomic E-state index is 7.64. The van der Waals surface area contributed by atoms with Crippen LogP contribution < -0.4 is 11.1 Å². The summed E-state index contributed by atoms with van der Waals surface area (Å²) in [5.41, 5.74) is 11.1. The molecule has 0 aromatic carbocycles. The molecule has 8 aliphatic rings. The largest absolute Gasteiger partial charge is 0.380 e. The molecule has 0 bridgehead atoms. The zero-order valence-corrected chi connectivity index (χ0v) is 67.5. The second-order valence-corrected chi connectivity index (χ2v) is 36.5. The molecule has 0 radical (unpaired) electrons. The van der Waals surface area contributed by atoms with Crippen molar-refractivity contribution in [2.45, 2.75) is 351 Å². The first kappa shape index (κ1) is 84.5. The standard InChI is InChI=1S/C46H83NO3.C43H79N3O3/c1-9-10-11-12-13-14-15-16-30-48-34-39(47(7)8)35-49-31-17-18-32-50-40-26-28-45(5)38(33-40)22-23-41-43-25-24-42(37(4)21-19-20-36(2)3)46(43,6)29-27-44(41)45;1-7-8-9-10-11-12-26-47-30-35(46-41(44)45)31-48-27-13-14-28-49-36-22-24-42(5)34(29-36)18-19-37-39-21-20-38(33(4)17-15-16-32(2)3)43(39,6)25-23-40(37)42/h13-14,22,36-37,39-44H,9-12,15-21,23-35H2,1-8H3;18,32-33,35-40H,7-17,19-31H2,1-6H3,(H4,44,45,46)/b14-13-;/t37-,39-,40?,41+,42-,43+,44+,45+,46-;33-,35-,36?,37+,38-,39+,40+,42+,43-/m11/s1. The fourth-order valence-corrected chi connectivity index (χ4v) is 22.3. The molecule has 8 rings (SSSR count). The van der Waals surface area contributed by atoms with E-state index in [0.29, 0.717) is 59.7 Å². The molecule has 0 saturated heterocycles. The summed E-state index contributed by atoms with van der Waals surface area (Å²) in [6.45, 7) is 37.3. The number of nitrogens with zero attached hydrogens (tertiary/aromatic N) is 1. The molecule has 6 fully saturated rings. The third kappa shape index (κ3) is 25.2. The predicted octanol–water partition coefficient (Wildman–Crippen LogP) is 22.5. The summed E-state index contributed by atoms with van der Waals surface area (Å²) in [6.07, 6.45) is 60.3. The van der Waals surface area contributed by atoms with Crippen LogP contribution in [0, 0.1) is 98.1 Å². The number of fused-ring (bicyclic) bond motifs is 10. The van der Waals surface area contributed by atoms with Crippen molar-refractivity contribution in [3.63, 3.8) is 0 Å². The van der Waals surface area contributed by atoms with Gasteiger partial charge in [-0.3, -0.25) is 5.41 Å². The highest BCUT2D eigenvalue weighted by atomic mass is 16.5. The van der Waals surface area contributed by atoms with E-state index < -0.39 is 0 Å². The van der Waals surface area contributed by atoms with Crippen molar-refractivity contribution in [2.24, 2.45) is 98.4 Å². The number of allylic oxidation sites excluding steroid dienone is 4. The summed E-state index contributed by atoms with van der Waals surface area (Å²) < 4.78 is 37.0. The van der Waals surface area contributed by atoms with Crippen LogP contribution in [0.3, 0.4) is 0 Å². The van der Waals surface area contributed by atoms with E-state index in [-0.39, 0.29) is 12.0 Å². The minimum absolute atomic E-state index is 0.0241. The fourth-order valence-electron chi connectivity index (χ4n) is 22.3. The van der Waals surface area contributed by atoms with Crippen molar-refractivity contribution in [1.82, 2.24) is 10.2 Å². The summed E-state index contributed by atoms with van der Waals surface area (Å²) in [6, 6.07) is 0.233. The lowest BCUT2D eigenvalue weighted by atomic mass is 9.47. The van der Waals surface area contributed by atoms with Gasteiger partial charge in [0.1, 0.15) is 0 Å². The van der Waals surface area contributed by atoms with Crippen molar-refractivity contribution in [3.05, 3.63) is 35.5 Å². The highest BCUT2D eigenvalue weighted by Gasteiger charge is 2.61. The molecule has 10 heteroatoms. The van der Waals surface area contributed by atoms with Crippen molar-refractivity contribution in [2.75, 3.05) is 80.2 Å². The molecule has 0 aliphatic heterocycles. The molecule has 4 N–H and O–H groups in total. The van der Waals surface area contributed by atoms with Gasteiger partial charge in [-0.2, -0.15) is 0 Å². The molecule has 0 heterocycles. The molecule has 18 atom stereocenters. The number of rotatable bonds is 47. The first-order valence-corrected chi connectivity index (χ1v) is 43.0. The van der Waals surface area contributed by atoms with Gasteiger partial charge in [-0.25, -0.2) is 0 Å². The highest BCUT2D eigenvalue weighted by Crippen LogP contribution is 2.69. The van der Waals surface area contributed by atoms with E-state index in [4.69, 9.17) is 39.6 Å². The van der Waals surface area contributed by atoms with Crippen LogP contribution in [0.15, 0.2) is 35.5 Å². The number of nitrogens with two attached hydrogens (primary N) is 1. The van der Waals surface area contributed by atoms with Crippen LogP contribution in [0.4, 0.5) is 0 Å². The quantitative estimate of drug-likeness (QED) is 0.0237. The monoisotopic (exact) mass is 1380 g/mol. The van der Waals surface area contributed by atoms with Crippen molar-refractivity contribution >= 4 is 5.96 Å². The molecule has 574 valence electrons. The van der Waals surface area contributed by atoms with E-state index in [9.17, 15) is 0 Å². The Bertz CT molecular complexity index is 2320. The Kier molecular flexibility index (Phi) is 37.3. The predicted molar refractivity (Wildman–Crippen MR) is 420 cm³/mol. The summed E-state index contributed by atoms with van der Waals surface area (Å²) in [4.78, 5) is 2.24. The number of nitrogens with one attached hydrogen (secondary N) is 2. The van der Waals surface area contributed by atoms with Crippen molar-refractivity contribution in [3.8, 4) is 0 Å². The zero-order chi connectivity index (χ0) is 71.3. The summed E-state index contributed by atoms with van der Waals surface area (Å²) >= 11 is 0. The topological polar surface area (TPSA) is 121 Å². The lowest BCUT2D eigenvalue weighted by molar-refractivity contribution is -0.0643. The summed E-state index contributed by atoms with van der Waals surface area (Å²) in [5, 5.41) is 10.6. The van der Waals surface area contributed by atoms with Crippen LogP contribution in [0.2, 0.25) is 0 Å². The lowest BCUT2D eigenvalue weighted by Gasteiger charge is -2.58. The maximum Gasteiger partial charge on any atom is 0.186 e. The van der Waals surface area contributed by atoms with Gasteiger partial charge in [0.25, 0.3) is 0 Å². The Balaban J connectivity index is 0.000000278. The van der Waals surface area contributed by atoms with Crippen LogP contribution in [0.25, 0.3) is 0 Å². The smallest absolute Gasteiger partial charge is 0.186 e. The Labute approximate surface area is 612 Å². The molecular weight excluding hydrogens is 1220 g/mol. The third-order valence-electron chi connectivity index (χ3n) is 28.4. The second kappa shape index (κ2) is 43.7. The number of guanidine groups is 1. The van der Waals surface area contributed by atoms with Crippen LogP contribution in [-0.4, -0.2) is 115 Å². The van der Waals surface area contributed by atoms with E-state index in [1.54, 1.807) is 11.1 Å². The van der Waals surface area contributed by atoms with Gasteiger partial charge in [-0.1, -0.05) is 202 Å². The van der Waals surface area contributed by atoms with Gasteiger partial charge in [0.15, 0.2) is 5.96 Å². The zero-order valence-electron chi connectivity index (χ0n) is 67.5. The highest BCUT2D eigenvalue weighted by molar-refractivity contribution is 5.74. The Morgan fingerprint density at radius 2 is 0.909 bits per heavy atom. The molecule has 0 amide bonds.